The highest BCUT2D eigenvalue weighted by Crippen LogP contribution is 2.34. The van der Waals surface area contributed by atoms with Gasteiger partial charge in [0.05, 0.1) is 30.2 Å². The molecule has 0 amide bonds. The summed E-state index contributed by atoms with van der Waals surface area (Å²) in [6.45, 7) is 2.86. The first-order valence-corrected chi connectivity index (χ1v) is 16.4. The van der Waals surface area contributed by atoms with Gasteiger partial charge in [-0.25, -0.2) is 4.98 Å². The molecule has 0 aliphatic heterocycles. The van der Waals surface area contributed by atoms with Crippen LogP contribution in [0.2, 0.25) is 5.02 Å². The number of unbranched alkanes of at least 4 members (excludes halogenated alkanes) is 1. The summed E-state index contributed by atoms with van der Waals surface area (Å²) in [6, 6.07) is 31.3. The van der Waals surface area contributed by atoms with Crippen molar-refractivity contribution in [3.63, 3.8) is 0 Å². The van der Waals surface area contributed by atoms with Crippen molar-refractivity contribution >= 4 is 41.1 Å². The van der Waals surface area contributed by atoms with Crippen LogP contribution < -0.4 is 0 Å². The zero-order valence-electron chi connectivity index (χ0n) is 23.5. The van der Waals surface area contributed by atoms with Gasteiger partial charge in [-0.1, -0.05) is 110 Å². The molecule has 0 fully saturated rings. The normalized spacial score (nSPS) is 11.5. The third-order valence-corrected chi connectivity index (χ3v) is 8.69. The zero-order valence-corrected chi connectivity index (χ0v) is 25.9. The van der Waals surface area contributed by atoms with Gasteiger partial charge in [-0.2, -0.15) is 17.0 Å². The van der Waals surface area contributed by atoms with Crippen LogP contribution in [0.4, 0.5) is 0 Å². The van der Waals surface area contributed by atoms with Gasteiger partial charge in [-0.3, -0.25) is 4.79 Å². The van der Waals surface area contributed by atoms with Crippen LogP contribution in [0.5, 0.6) is 0 Å². The minimum atomic E-state index is -0.383. The number of aromatic nitrogens is 1. The number of benzene rings is 3. The van der Waals surface area contributed by atoms with E-state index >= 15 is 0 Å². The Hall–Kier alpha value is -3.28. The first kappa shape index (κ1) is 31.7. The largest absolute Gasteiger partial charge is 0.458 e. The number of thioether (sulfide) groups is 2. The first-order chi connectivity index (χ1) is 20.6. The second-order valence-electron chi connectivity index (χ2n) is 9.55. The number of pyridine rings is 1. The molecule has 1 atom stereocenters. The topological polar surface area (TPSA) is 72.2 Å². The molecule has 0 aliphatic carbocycles. The van der Waals surface area contributed by atoms with Gasteiger partial charge in [0, 0.05) is 21.9 Å². The van der Waals surface area contributed by atoms with Crippen LogP contribution in [0, 0.1) is 11.3 Å². The van der Waals surface area contributed by atoms with E-state index in [0.29, 0.717) is 34.6 Å². The molecule has 42 heavy (non-hydrogen) atoms. The maximum Gasteiger partial charge on any atom is 0.316 e. The standard InChI is InChI=1S/C34H33ClN2O3S2/c1-2-3-18-41-23-29(22-39-21-25-14-16-28(35)17-15-25)40-33(38)24-42-34-31(20-36)30(26-10-6-4-7-11-26)19-32(37-34)27-12-8-5-9-13-27/h4-17,19,29H,2-3,18,21-24H2,1H3. The van der Waals surface area contributed by atoms with Crippen molar-refractivity contribution in [3.8, 4) is 28.5 Å². The van der Waals surface area contributed by atoms with Gasteiger partial charge < -0.3 is 9.47 Å². The molecule has 0 saturated carbocycles. The highest BCUT2D eigenvalue weighted by molar-refractivity contribution is 8.00. The van der Waals surface area contributed by atoms with E-state index in [1.54, 1.807) is 11.8 Å². The fraction of sp³-hybridized carbons (Fsp3) is 0.265. The molecule has 4 rings (SSSR count). The van der Waals surface area contributed by atoms with Gasteiger partial charge in [0.25, 0.3) is 0 Å². The van der Waals surface area contributed by atoms with Crippen LogP contribution in [0.1, 0.15) is 30.9 Å². The molecule has 0 bridgehead atoms. The minimum Gasteiger partial charge on any atom is -0.458 e. The number of rotatable bonds is 15. The molecule has 1 aromatic heterocycles. The van der Waals surface area contributed by atoms with Crippen LogP contribution in [-0.2, 0) is 20.9 Å². The molecule has 3 aromatic carbocycles. The van der Waals surface area contributed by atoms with Crippen LogP contribution in [0.15, 0.2) is 96.0 Å². The number of hydrogen-bond donors (Lipinski definition) is 0. The Morgan fingerprint density at radius 3 is 2.36 bits per heavy atom. The molecule has 1 heterocycles. The number of esters is 1. The Labute approximate surface area is 261 Å². The molecule has 0 radical (unpaired) electrons. The van der Waals surface area contributed by atoms with E-state index in [4.69, 9.17) is 26.1 Å². The summed E-state index contributed by atoms with van der Waals surface area (Å²) in [5.74, 6) is 1.32. The predicted octanol–water partition coefficient (Wildman–Crippen LogP) is 8.69. The number of carbonyl (C=O) groups excluding carboxylic acids is 1. The molecule has 0 spiro atoms. The number of nitrogens with zero attached hydrogens (tertiary/aromatic N) is 2. The molecule has 0 N–H and O–H groups in total. The molecular formula is C34H33ClN2O3S2. The van der Waals surface area contributed by atoms with Crippen molar-refractivity contribution in [1.29, 1.82) is 5.26 Å². The summed E-state index contributed by atoms with van der Waals surface area (Å²) in [6.07, 6.45) is 1.84. The number of ether oxygens (including phenoxy) is 2. The van der Waals surface area contributed by atoms with Crippen molar-refractivity contribution in [3.05, 3.63) is 107 Å². The number of carbonyl (C=O) groups is 1. The van der Waals surface area contributed by atoms with Crippen molar-refractivity contribution in [2.24, 2.45) is 0 Å². The van der Waals surface area contributed by atoms with Crippen LogP contribution >= 0.6 is 35.1 Å². The Morgan fingerprint density at radius 2 is 1.69 bits per heavy atom. The second kappa shape index (κ2) is 17.0. The van der Waals surface area contributed by atoms with E-state index in [2.05, 4.69) is 13.0 Å². The summed E-state index contributed by atoms with van der Waals surface area (Å²) in [7, 11) is 0. The minimum absolute atomic E-state index is 0.0292. The fourth-order valence-corrected chi connectivity index (χ4v) is 6.15. The summed E-state index contributed by atoms with van der Waals surface area (Å²) >= 11 is 8.97. The lowest BCUT2D eigenvalue weighted by molar-refractivity contribution is -0.147. The molecule has 216 valence electrons. The van der Waals surface area contributed by atoms with Gasteiger partial charge in [-0.15, -0.1) is 0 Å². The third-order valence-electron chi connectivity index (χ3n) is 6.31. The van der Waals surface area contributed by atoms with Gasteiger partial charge in [-0.05, 0) is 41.5 Å². The van der Waals surface area contributed by atoms with Crippen LogP contribution in [-0.4, -0.2) is 40.9 Å². The van der Waals surface area contributed by atoms with Crippen LogP contribution in [0.25, 0.3) is 22.4 Å². The smallest absolute Gasteiger partial charge is 0.316 e. The molecule has 8 heteroatoms. The van der Waals surface area contributed by atoms with Crippen LogP contribution in [0.3, 0.4) is 0 Å². The van der Waals surface area contributed by atoms with E-state index in [1.807, 2.05) is 91.0 Å². The number of hydrogen-bond acceptors (Lipinski definition) is 7. The lowest BCUT2D eigenvalue weighted by atomic mass is 9.99. The Kier molecular flexibility index (Phi) is 12.8. The van der Waals surface area contributed by atoms with Crippen molar-refractivity contribution in [1.82, 2.24) is 4.98 Å². The monoisotopic (exact) mass is 616 g/mol. The maximum atomic E-state index is 13.1. The van der Waals surface area contributed by atoms with Gasteiger partial charge in [0.1, 0.15) is 17.2 Å². The molecule has 0 aliphatic rings. The maximum absolute atomic E-state index is 13.1. The average Bonchev–Trinajstić information content (AvgIpc) is 3.03. The summed E-state index contributed by atoms with van der Waals surface area (Å²) < 4.78 is 11.8. The van der Waals surface area contributed by atoms with Gasteiger partial charge in [0.15, 0.2) is 0 Å². The van der Waals surface area contributed by atoms with E-state index in [0.717, 1.165) is 46.5 Å². The number of nitriles is 1. The molecule has 5 nitrogen and oxygen atoms in total. The summed E-state index contributed by atoms with van der Waals surface area (Å²) in [5.41, 5.74) is 4.82. The Morgan fingerprint density at radius 1 is 1.00 bits per heavy atom. The lowest BCUT2D eigenvalue weighted by Crippen LogP contribution is -2.27. The van der Waals surface area contributed by atoms with Gasteiger partial charge in [0.2, 0.25) is 0 Å². The summed E-state index contributed by atoms with van der Waals surface area (Å²) in [4.78, 5) is 17.9. The molecular weight excluding hydrogens is 584 g/mol. The van der Waals surface area contributed by atoms with Gasteiger partial charge >= 0.3 is 5.97 Å². The zero-order chi connectivity index (χ0) is 29.6. The Bertz CT molecular complexity index is 1460. The second-order valence-corrected chi connectivity index (χ2v) is 12.1. The van der Waals surface area contributed by atoms with Crippen molar-refractivity contribution in [2.45, 2.75) is 37.5 Å². The van der Waals surface area contributed by atoms with E-state index in [-0.39, 0.29) is 17.8 Å². The predicted molar refractivity (Wildman–Crippen MR) is 174 cm³/mol. The highest BCUT2D eigenvalue weighted by Gasteiger charge is 2.20. The van der Waals surface area contributed by atoms with E-state index < -0.39 is 0 Å². The SMILES string of the molecule is CCCCSCC(COCc1ccc(Cl)cc1)OC(=O)CSc1nc(-c2ccccc2)cc(-c2ccccc2)c1C#N. The summed E-state index contributed by atoms with van der Waals surface area (Å²) in [5, 5.41) is 11.3. The van der Waals surface area contributed by atoms with Crippen molar-refractivity contribution in [2.75, 3.05) is 23.9 Å². The molecule has 4 aromatic rings. The first-order valence-electron chi connectivity index (χ1n) is 13.9. The highest BCUT2D eigenvalue weighted by atomic mass is 35.5. The van der Waals surface area contributed by atoms with Crippen molar-refractivity contribution < 1.29 is 14.3 Å². The fourth-order valence-electron chi connectivity index (χ4n) is 4.15. The Balaban J connectivity index is 1.47. The average molecular weight is 617 g/mol. The van der Waals surface area contributed by atoms with E-state index in [9.17, 15) is 10.1 Å². The van der Waals surface area contributed by atoms with E-state index in [1.165, 1.54) is 11.8 Å². The third kappa shape index (κ3) is 9.64. The quantitative estimate of drug-likeness (QED) is 0.0751. The number of halogens is 1. The molecule has 1 unspecified atom stereocenters. The lowest BCUT2D eigenvalue weighted by Gasteiger charge is -2.18. The molecule has 0 saturated heterocycles.